The number of hydrogen-bond donors (Lipinski definition) is 1. The summed E-state index contributed by atoms with van der Waals surface area (Å²) in [6.45, 7) is 1.79. The van der Waals surface area contributed by atoms with E-state index in [1.807, 2.05) is 6.92 Å². The average Bonchev–Trinajstić information content (AvgIpc) is 2.68. The maximum absolute atomic E-state index is 11.7. The van der Waals surface area contributed by atoms with Gasteiger partial charge in [0.2, 0.25) is 0 Å². The van der Waals surface area contributed by atoms with E-state index < -0.39 is 16.2 Å². The van der Waals surface area contributed by atoms with Crippen LogP contribution in [-0.2, 0) is 10.3 Å². The first-order valence-corrected chi connectivity index (χ1v) is 6.19. The molecule has 0 radical (unpaired) electrons. The van der Waals surface area contributed by atoms with Crippen LogP contribution in [0.5, 0.6) is 0 Å². The minimum atomic E-state index is -4.54. The number of unbranched alkanes of at least 4 members (excludes halogenated alkanes) is 1. The topological polar surface area (TPSA) is 87.8 Å². The van der Waals surface area contributed by atoms with Crippen molar-refractivity contribution in [2.45, 2.75) is 19.8 Å². The van der Waals surface area contributed by atoms with Gasteiger partial charge in [-0.3, -0.25) is 9.35 Å². The van der Waals surface area contributed by atoms with Gasteiger partial charge in [0.15, 0.2) is 5.76 Å². The molecule has 0 aliphatic heterocycles. The second kappa shape index (κ2) is 7.17. The maximum Gasteiger partial charge on any atom is 1.00 e. The summed E-state index contributed by atoms with van der Waals surface area (Å²) >= 11 is 0. The van der Waals surface area contributed by atoms with E-state index in [0.717, 1.165) is 0 Å². The van der Waals surface area contributed by atoms with E-state index in [1.165, 1.54) is 18.4 Å². The Labute approximate surface area is 124 Å². The zero-order valence-electron chi connectivity index (χ0n) is 10.8. The quantitative estimate of drug-likeness (QED) is 0.517. The van der Waals surface area contributed by atoms with Crippen LogP contribution in [0.1, 0.15) is 31.7 Å². The number of carbonyl (C=O) groups excluding carboxylic acids is 1. The van der Waals surface area contributed by atoms with Crippen LogP contribution in [0.2, 0.25) is 0 Å². The first-order valence-electron chi connectivity index (χ1n) is 4.79. The van der Waals surface area contributed by atoms with E-state index in [4.69, 9.17) is 8.97 Å². The van der Waals surface area contributed by atoms with E-state index in [9.17, 15) is 13.2 Å². The molecule has 17 heavy (non-hydrogen) atoms. The molecular weight excluding hydrogens is 257 g/mol. The van der Waals surface area contributed by atoms with Gasteiger partial charge in [0.1, 0.15) is 0 Å². The monoisotopic (exact) mass is 271 g/mol. The predicted octanol–water partition coefficient (Wildman–Crippen LogP) is -1.56. The summed E-state index contributed by atoms with van der Waals surface area (Å²) in [7, 11) is -4.54. The number of furan rings is 1. The molecule has 0 unspecified atom stereocenters. The molecule has 0 aliphatic rings. The van der Waals surface area contributed by atoms with Gasteiger partial charge in [0.05, 0.1) is 6.26 Å². The van der Waals surface area contributed by atoms with Crippen LogP contribution in [0.4, 0.5) is 0 Å². The van der Waals surface area contributed by atoms with Crippen LogP contribution in [0.15, 0.2) is 22.8 Å². The van der Waals surface area contributed by atoms with Crippen LogP contribution in [0.3, 0.4) is 0 Å². The second-order valence-electron chi connectivity index (χ2n) is 3.19. The van der Waals surface area contributed by atoms with Crippen molar-refractivity contribution in [2.24, 2.45) is 0 Å². The Morgan fingerprint density at radius 2 is 2.24 bits per heavy atom. The number of nitrogens with zero attached hydrogens (tertiary/aromatic N) is 1. The van der Waals surface area contributed by atoms with Crippen molar-refractivity contribution in [3.8, 4) is 0 Å². The van der Waals surface area contributed by atoms with E-state index in [2.05, 4.69) is 0 Å². The summed E-state index contributed by atoms with van der Waals surface area (Å²) in [6.07, 6.45) is 2.44. The van der Waals surface area contributed by atoms with E-state index in [-0.39, 0.29) is 43.3 Å². The van der Waals surface area contributed by atoms with Gasteiger partial charge in [0.25, 0.3) is 0 Å². The zero-order valence-corrected chi connectivity index (χ0v) is 12.6. The Balaban J connectivity index is 0. The van der Waals surface area contributed by atoms with Crippen LogP contribution in [0, 0.1) is 0 Å². The number of amides is 1. The SMILES string of the molecule is CCCCN(C(=O)c1ccco1)S(=O)(=O)O.[H-].[Na+]. The molecule has 0 atom stereocenters. The fraction of sp³-hybridized carbons (Fsp3) is 0.444. The minimum Gasteiger partial charge on any atom is -1.00 e. The summed E-state index contributed by atoms with van der Waals surface area (Å²) in [6, 6.07) is 2.81. The number of carbonyl (C=O) groups is 1. The van der Waals surface area contributed by atoms with Crippen LogP contribution in [0.25, 0.3) is 0 Å². The van der Waals surface area contributed by atoms with Gasteiger partial charge in [-0.25, -0.2) is 4.31 Å². The smallest absolute Gasteiger partial charge is 1.00 e. The molecule has 1 heterocycles. The molecule has 6 nitrogen and oxygen atoms in total. The van der Waals surface area contributed by atoms with Crippen molar-refractivity contribution < 1.29 is 53.2 Å². The summed E-state index contributed by atoms with van der Waals surface area (Å²) in [5.41, 5.74) is 0. The van der Waals surface area contributed by atoms with Gasteiger partial charge in [-0.2, -0.15) is 8.42 Å². The molecule has 92 valence electrons. The largest absolute Gasteiger partial charge is 1.00 e. The molecule has 1 rings (SSSR count). The van der Waals surface area contributed by atoms with Crippen molar-refractivity contribution in [2.75, 3.05) is 6.54 Å². The summed E-state index contributed by atoms with van der Waals surface area (Å²) in [5, 5.41) is 0. The molecule has 0 fully saturated rings. The van der Waals surface area contributed by atoms with Crippen molar-refractivity contribution in [1.29, 1.82) is 0 Å². The van der Waals surface area contributed by atoms with Gasteiger partial charge in [-0.1, -0.05) is 13.3 Å². The molecule has 1 aromatic heterocycles. The summed E-state index contributed by atoms with van der Waals surface area (Å²) in [5.74, 6) is -0.977. The molecule has 0 saturated carbocycles. The third kappa shape index (κ3) is 4.81. The fourth-order valence-corrected chi connectivity index (χ4v) is 1.81. The minimum absolute atomic E-state index is 0. The molecule has 1 aromatic rings. The van der Waals surface area contributed by atoms with Gasteiger partial charge in [-0.15, -0.1) is 0 Å². The van der Waals surface area contributed by atoms with Gasteiger partial charge >= 0.3 is 45.8 Å². The van der Waals surface area contributed by atoms with Crippen LogP contribution in [-0.4, -0.2) is 29.7 Å². The molecule has 0 spiro atoms. The molecule has 1 amide bonds. The Kier molecular flexibility index (Phi) is 7.03. The Bertz CT molecular complexity index is 448. The number of rotatable bonds is 5. The van der Waals surface area contributed by atoms with Crippen molar-refractivity contribution in [1.82, 2.24) is 4.31 Å². The van der Waals surface area contributed by atoms with Crippen molar-refractivity contribution >= 4 is 16.2 Å². The molecular formula is C9H14NNaO5S. The molecule has 0 aliphatic carbocycles. The van der Waals surface area contributed by atoms with E-state index in [1.54, 1.807) is 0 Å². The normalized spacial score (nSPS) is 10.7. The molecule has 0 bridgehead atoms. The van der Waals surface area contributed by atoms with Crippen molar-refractivity contribution in [3.05, 3.63) is 24.2 Å². The third-order valence-electron chi connectivity index (χ3n) is 1.95. The first-order chi connectivity index (χ1) is 7.46. The van der Waals surface area contributed by atoms with Crippen LogP contribution < -0.4 is 29.6 Å². The standard InChI is InChI=1S/C9H13NO5S.Na.H/c1-2-3-6-10(16(12,13)14)9(11)8-5-4-7-15-8;;/h4-5,7H,2-3,6H2,1H3,(H,12,13,14);;/q;+1;-1. The Morgan fingerprint density at radius 1 is 1.59 bits per heavy atom. The van der Waals surface area contributed by atoms with Gasteiger partial charge in [-0.05, 0) is 18.6 Å². The van der Waals surface area contributed by atoms with Crippen LogP contribution >= 0.6 is 0 Å². The van der Waals surface area contributed by atoms with E-state index >= 15 is 0 Å². The second-order valence-corrected chi connectivity index (χ2v) is 4.52. The fourth-order valence-electron chi connectivity index (χ4n) is 1.15. The molecule has 0 aromatic carbocycles. The van der Waals surface area contributed by atoms with Gasteiger partial charge in [0, 0.05) is 6.54 Å². The molecule has 1 N–H and O–H groups in total. The molecule has 8 heteroatoms. The summed E-state index contributed by atoms with van der Waals surface area (Å²) < 4.78 is 36.1. The zero-order chi connectivity index (χ0) is 12.2. The van der Waals surface area contributed by atoms with Crippen molar-refractivity contribution in [3.63, 3.8) is 0 Å². The first kappa shape index (κ1) is 16.7. The third-order valence-corrected chi connectivity index (χ3v) is 2.86. The number of hydrogen-bond acceptors (Lipinski definition) is 4. The predicted molar refractivity (Wildman–Crippen MR) is 57.3 cm³/mol. The van der Waals surface area contributed by atoms with Gasteiger partial charge < -0.3 is 5.84 Å². The Hall–Kier alpha value is -0.340. The molecule has 0 saturated heterocycles. The summed E-state index contributed by atoms with van der Waals surface area (Å²) in [4.78, 5) is 11.7. The Morgan fingerprint density at radius 3 is 2.65 bits per heavy atom. The average molecular weight is 271 g/mol. The maximum atomic E-state index is 11.7. The van der Waals surface area contributed by atoms with E-state index in [0.29, 0.717) is 17.1 Å².